The molecule has 1 N–H and O–H groups in total. The molecule has 0 amide bonds. The fourth-order valence-corrected chi connectivity index (χ4v) is 2.60. The van der Waals surface area contributed by atoms with Gasteiger partial charge in [-0.2, -0.15) is 10.2 Å². The molecule has 0 spiro atoms. The minimum absolute atomic E-state index is 0.408. The molecule has 0 radical (unpaired) electrons. The summed E-state index contributed by atoms with van der Waals surface area (Å²) in [5.41, 5.74) is 5.03. The topological polar surface area (TPSA) is 47.7 Å². The van der Waals surface area contributed by atoms with Crippen LogP contribution < -0.4 is 5.32 Å². The minimum atomic E-state index is 0.408. The van der Waals surface area contributed by atoms with Gasteiger partial charge in [0.1, 0.15) is 0 Å². The van der Waals surface area contributed by atoms with Crippen molar-refractivity contribution in [2.45, 2.75) is 46.2 Å². The first-order valence-corrected chi connectivity index (χ1v) is 7.22. The summed E-state index contributed by atoms with van der Waals surface area (Å²) in [6.07, 6.45) is 6.09. The van der Waals surface area contributed by atoms with Crippen LogP contribution in [-0.4, -0.2) is 32.7 Å². The molecule has 5 heteroatoms. The van der Waals surface area contributed by atoms with E-state index in [0.717, 1.165) is 25.1 Å². The number of nitrogens with zero attached hydrogens (tertiary/aromatic N) is 4. The lowest BCUT2D eigenvalue weighted by Gasteiger charge is -2.15. The Morgan fingerprint density at radius 2 is 2.05 bits per heavy atom. The normalized spacial score (nSPS) is 12.8. The quantitative estimate of drug-likeness (QED) is 0.871. The van der Waals surface area contributed by atoms with Crippen molar-refractivity contribution >= 4 is 0 Å². The smallest absolute Gasteiger partial charge is 0.0628 e. The Labute approximate surface area is 121 Å². The Kier molecular flexibility index (Phi) is 4.60. The lowest BCUT2D eigenvalue weighted by molar-refractivity contribution is 0.553. The molecule has 1 unspecified atom stereocenters. The molecule has 0 aliphatic heterocycles. The van der Waals surface area contributed by atoms with Crippen molar-refractivity contribution in [2.75, 3.05) is 7.05 Å². The van der Waals surface area contributed by atoms with Gasteiger partial charge in [0, 0.05) is 31.5 Å². The van der Waals surface area contributed by atoms with Crippen LogP contribution in [0.1, 0.15) is 29.4 Å². The standard InChI is InChI=1S/C15H25N5/c1-6-20-10-13(9-17-20)7-14(16-4)8-15-11(2)18-19(5)12(15)3/h9-10,14,16H,6-8H2,1-5H3. The van der Waals surface area contributed by atoms with E-state index in [-0.39, 0.29) is 0 Å². The van der Waals surface area contributed by atoms with Crippen molar-refractivity contribution in [2.24, 2.45) is 7.05 Å². The van der Waals surface area contributed by atoms with E-state index in [4.69, 9.17) is 0 Å². The van der Waals surface area contributed by atoms with Gasteiger partial charge in [-0.05, 0) is 51.8 Å². The van der Waals surface area contributed by atoms with Crippen molar-refractivity contribution in [1.82, 2.24) is 24.9 Å². The summed E-state index contributed by atoms with van der Waals surface area (Å²) in [6.45, 7) is 7.25. The van der Waals surface area contributed by atoms with Gasteiger partial charge < -0.3 is 5.32 Å². The largest absolute Gasteiger partial charge is 0.316 e. The Balaban J connectivity index is 2.08. The second kappa shape index (κ2) is 6.22. The maximum atomic E-state index is 4.49. The highest BCUT2D eigenvalue weighted by atomic mass is 15.3. The maximum absolute atomic E-state index is 4.49. The van der Waals surface area contributed by atoms with E-state index in [9.17, 15) is 0 Å². The number of hydrogen-bond donors (Lipinski definition) is 1. The zero-order chi connectivity index (χ0) is 14.7. The molecule has 110 valence electrons. The van der Waals surface area contributed by atoms with Crippen molar-refractivity contribution in [3.8, 4) is 0 Å². The Morgan fingerprint density at radius 1 is 1.30 bits per heavy atom. The molecule has 5 nitrogen and oxygen atoms in total. The Morgan fingerprint density at radius 3 is 2.55 bits per heavy atom. The number of hydrogen-bond acceptors (Lipinski definition) is 3. The second-order valence-corrected chi connectivity index (χ2v) is 5.37. The van der Waals surface area contributed by atoms with Crippen molar-refractivity contribution in [3.63, 3.8) is 0 Å². The molecule has 0 saturated heterocycles. The molecule has 2 aromatic rings. The van der Waals surface area contributed by atoms with Crippen molar-refractivity contribution in [1.29, 1.82) is 0 Å². The SMILES string of the molecule is CCn1cc(CC(Cc2c(C)nn(C)c2C)NC)cn1. The van der Waals surface area contributed by atoms with E-state index in [1.807, 2.05) is 29.7 Å². The van der Waals surface area contributed by atoms with Crippen molar-refractivity contribution < 1.29 is 0 Å². The van der Waals surface area contributed by atoms with Gasteiger partial charge >= 0.3 is 0 Å². The van der Waals surface area contributed by atoms with Crippen molar-refractivity contribution in [3.05, 3.63) is 34.9 Å². The summed E-state index contributed by atoms with van der Waals surface area (Å²) in [5, 5.41) is 12.3. The molecule has 0 fully saturated rings. The summed E-state index contributed by atoms with van der Waals surface area (Å²) in [5.74, 6) is 0. The number of aromatic nitrogens is 4. The second-order valence-electron chi connectivity index (χ2n) is 5.37. The average Bonchev–Trinajstić information content (AvgIpc) is 2.98. The summed E-state index contributed by atoms with van der Waals surface area (Å²) in [7, 11) is 4.03. The minimum Gasteiger partial charge on any atom is -0.316 e. The molecule has 0 aliphatic rings. The first-order chi connectivity index (χ1) is 9.55. The van der Waals surface area contributed by atoms with Gasteiger partial charge in [0.05, 0.1) is 11.9 Å². The number of likely N-dealkylation sites (N-methyl/N-ethyl adjacent to an activating group) is 1. The highest BCUT2D eigenvalue weighted by Gasteiger charge is 2.16. The van der Waals surface area contributed by atoms with Crippen LogP contribution in [0, 0.1) is 13.8 Å². The zero-order valence-corrected chi connectivity index (χ0v) is 13.1. The maximum Gasteiger partial charge on any atom is 0.0628 e. The van der Waals surface area contributed by atoms with Crippen LogP contribution >= 0.6 is 0 Å². The number of aryl methyl sites for hydroxylation is 3. The van der Waals surface area contributed by atoms with Crippen LogP contribution in [0.25, 0.3) is 0 Å². The van der Waals surface area contributed by atoms with Gasteiger partial charge in [-0.3, -0.25) is 9.36 Å². The predicted molar refractivity (Wildman–Crippen MR) is 80.8 cm³/mol. The highest BCUT2D eigenvalue weighted by molar-refractivity contribution is 5.26. The first kappa shape index (κ1) is 14.8. The third-order valence-corrected chi connectivity index (χ3v) is 4.01. The third-order valence-electron chi connectivity index (χ3n) is 4.01. The predicted octanol–water partition coefficient (Wildman–Crippen LogP) is 1.63. The zero-order valence-electron chi connectivity index (χ0n) is 13.1. The lowest BCUT2D eigenvalue weighted by Crippen LogP contribution is -2.30. The van der Waals surface area contributed by atoms with E-state index >= 15 is 0 Å². The van der Waals surface area contributed by atoms with Gasteiger partial charge in [0.15, 0.2) is 0 Å². The molecule has 2 heterocycles. The highest BCUT2D eigenvalue weighted by Crippen LogP contribution is 2.16. The van der Waals surface area contributed by atoms with Crippen LogP contribution in [0.2, 0.25) is 0 Å². The Hall–Kier alpha value is -1.62. The molecule has 1 atom stereocenters. The monoisotopic (exact) mass is 275 g/mol. The van der Waals surface area contributed by atoms with E-state index < -0.39 is 0 Å². The van der Waals surface area contributed by atoms with E-state index in [1.165, 1.54) is 16.8 Å². The number of rotatable bonds is 6. The van der Waals surface area contributed by atoms with Crippen LogP contribution in [-0.2, 0) is 26.4 Å². The van der Waals surface area contributed by atoms with Gasteiger partial charge in [0.2, 0.25) is 0 Å². The van der Waals surface area contributed by atoms with Gasteiger partial charge in [-0.1, -0.05) is 0 Å². The summed E-state index contributed by atoms with van der Waals surface area (Å²) in [4.78, 5) is 0. The molecule has 2 aromatic heterocycles. The molecule has 0 saturated carbocycles. The van der Waals surface area contributed by atoms with E-state index in [1.54, 1.807) is 0 Å². The van der Waals surface area contributed by atoms with Crippen LogP contribution in [0.15, 0.2) is 12.4 Å². The average molecular weight is 275 g/mol. The Bertz CT molecular complexity index is 567. The van der Waals surface area contributed by atoms with Gasteiger partial charge in [-0.15, -0.1) is 0 Å². The van der Waals surface area contributed by atoms with E-state index in [0.29, 0.717) is 6.04 Å². The van der Waals surface area contributed by atoms with E-state index in [2.05, 4.69) is 42.5 Å². The molecule has 0 aliphatic carbocycles. The van der Waals surface area contributed by atoms with Crippen LogP contribution in [0.3, 0.4) is 0 Å². The molecule has 0 bridgehead atoms. The third kappa shape index (κ3) is 3.10. The number of nitrogens with one attached hydrogen (secondary N) is 1. The van der Waals surface area contributed by atoms with Crippen LogP contribution in [0.4, 0.5) is 0 Å². The molecule has 0 aromatic carbocycles. The fourth-order valence-electron chi connectivity index (χ4n) is 2.60. The first-order valence-electron chi connectivity index (χ1n) is 7.22. The van der Waals surface area contributed by atoms with Gasteiger partial charge in [0.25, 0.3) is 0 Å². The van der Waals surface area contributed by atoms with Gasteiger partial charge in [-0.25, -0.2) is 0 Å². The molecular formula is C15H25N5. The summed E-state index contributed by atoms with van der Waals surface area (Å²) < 4.78 is 3.94. The molecule has 20 heavy (non-hydrogen) atoms. The lowest BCUT2D eigenvalue weighted by atomic mass is 9.99. The fraction of sp³-hybridized carbons (Fsp3) is 0.600. The van der Waals surface area contributed by atoms with Crippen LogP contribution in [0.5, 0.6) is 0 Å². The summed E-state index contributed by atoms with van der Waals surface area (Å²) in [6, 6.07) is 0.408. The molecule has 2 rings (SSSR count). The molecular weight excluding hydrogens is 250 g/mol. The summed E-state index contributed by atoms with van der Waals surface area (Å²) >= 11 is 0.